The molecular weight excluding hydrogens is 246 g/mol. The van der Waals surface area contributed by atoms with E-state index in [1.54, 1.807) is 0 Å². The number of hydrogen-bond donors (Lipinski definition) is 1. The number of benzene rings is 1. The lowest BCUT2D eigenvalue weighted by Gasteiger charge is -2.21. The lowest BCUT2D eigenvalue weighted by atomic mass is 9.97. The normalized spacial score (nSPS) is 13.0. The lowest BCUT2D eigenvalue weighted by Crippen LogP contribution is -2.20. The molecule has 6 heteroatoms. The first kappa shape index (κ1) is 14.4. The van der Waals surface area contributed by atoms with Gasteiger partial charge in [0.2, 0.25) is 0 Å². The summed E-state index contributed by atoms with van der Waals surface area (Å²) in [6.07, 6.45) is -1.77. The maximum absolute atomic E-state index is 13.5. The highest BCUT2D eigenvalue weighted by Crippen LogP contribution is 2.39. The highest BCUT2D eigenvalue weighted by molar-refractivity contribution is 5.77. The molecule has 4 nitrogen and oxygen atoms in total. The van der Waals surface area contributed by atoms with Crippen LogP contribution < -0.4 is 4.74 Å². The van der Waals surface area contributed by atoms with E-state index >= 15 is 0 Å². The zero-order chi connectivity index (χ0) is 13.9. The summed E-state index contributed by atoms with van der Waals surface area (Å²) >= 11 is 0. The summed E-state index contributed by atoms with van der Waals surface area (Å²) in [5.74, 6) is -4.35. The highest BCUT2D eigenvalue weighted by Gasteiger charge is 2.35. The molecule has 0 amide bonds. The van der Waals surface area contributed by atoms with Crippen molar-refractivity contribution in [3.05, 3.63) is 29.3 Å². The quantitative estimate of drug-likeness (QED) is 0.841. The largest absolute Gasteiger partial charge is 0.496 e. The minimum atomic E-state index is -3.25. The van der Waals surface area contributed by atoms with E-state index < -0.39 is 23.6 Å². The second kappa shape index (κ2) is 5.30. The fraction of sp³-hybridized carbons (Fsp3) is 0.417. The molecule has 1 N–H and O–H groups in total. The number of ether oxygens (including phenoxy) is 2. The van der Waals surface area contributed by atoms with Crippen LogP contribution >= 0.6 is 0 Å². The van der Waals surface area contributed by atoms with Gasteiger partial charge in [-0.3, -0.25) is 0 Å². The average molecular weight is 260 g/mol. The van der Waals surface area contributed by atoms with Crippen molar-refractivity contribution >= 4 is 5.97 Å². The van der Waals surface area contributed by atoms with Gasteiger partial charge in [0.05, 0.1) is 19.8 Å². The average Bonchev–Trinajstić information content (AvgIpc) is 2.34. The number of methoxy groups -OCH3 is 2. The smallest absolute Gasteiger partial charge is 0.339 e. The van der Waals surface area contributed by atoms with E-state index in [4.69, 9.17) is 4.74 Å². The third kappa shape index (κ3) is 2.76. The van der Waals surface area contributed by atoms with Crippen molar-refractivity contribution in [1.82, 2.24) is 0 Å². The van der Waals surface area contributed by atoms with Crippen LogP contribution in [0, 0.1) is 0 Å². The van der Waals surface area contributed by atoms with Crippen LogP contribution in [-0.4, -0.2) is 25.3 Å². The molecule has 0 aliphatic heterocycles. The van der Waals surface area contributed by atoms with Crippen molar-refractivity contribution in [2.24, 2.45) is 0 Å². The molecule has 0 aliphatic rings. The van der Waals surface area contributed by atoms with Gasteiger partial charge in [-0.2, -0.15) is 0 Å². The highest BCUT2D eigenvalue weighted by atomic mass is 19.3. The minimum Gasteiger partial charge on any atom is -0.496 e. The zero-order valence-corrected chi connectivity index (χ0v) is 10.2. The molecular formula is C12H14F2O4. The van der Waals surface area contributed by atoms with Crippen molar-refractivity contribution in [2.45, 2.75) is 19.0 Å². The Bertz CT molecular complexity index is 440. The van der Waals surface area contributed by atoms with Crippen molar-refractivity contribution in [1.29, 1.82) is 0 Å². The van der Waals surface area contributed by atoms with E-state index in [0.29, 0.717) is 6.92 Å². The van der Waals surface area contributed by atoms with E-state index in [1.807, 2.05) is 0 Å². The first-order valence-electron chi connectivity index (χ1n) is 5.14. The Morgan fingerprint density at radius 2 is 2.00 bits per heavy atom. The number of halogens is 2. The minimum absolute atomic E-state index is 0.0945. The standard InChI is InChI=1S/C12H14F2O4/c1-12(13,14)9-7(10(15)11(16)18-3)5-4-6-8(9)17-2/h4-6,10,15H,1-3H3. The second-order valence-corrected chi connectivity index (χ2v) is 3.74. The summed E-state index contributed by atoms with van der Waals surface area (Å²) in [5, 5.41) is 9.69. The van der Waals surface area contributed by atoms with Crippen LogP contribution in [0.5, 0.6) is 5.75 Å². The molecule has 0 aliphatic carbocycles. The fourth-order valence-corrected chi connectivity index (χ4v) is 1.65. The molecule has 1 rings (SSSR count). The molecule has 1 unspecified atom stereocenters. The SMILES string of the molecule is COC(=O)C(O)c1cccc(OC)c1C(C)(F)F. The molecule has 100 valence electrons. The van der Waals surface area contributed by atoms with Gasteiger partial charge in [0.25, 0.3) is 5.92 Å². The number of aliphatic hydroxyl groups is 1. The Hall–Kier alpha value is -1.69. The molecule has 0 fully saturated rings. The van der Waals surface area contributed by atoms with E-state index in [2.05, 4.69) is 4.74 Å². The van der Waals surface area contributed by atoms with Crippen LogP contribution in [0.1, 0.15) is 24.2 Å². The third-order valence-electron chi connectivity index (χ3n) is 2.44. The Balaban J connectivity index is 3.40. The summed E-state index contributed by atoms with van der Waals surface area (Å²) in [7, 11) is 2.30. The monoisotopic (exact) mass is 260 g/mol. The predicted molar refractivity (Wildman–Crippen MR) is 59.5 cm³/mol. The molecule has 18 heavy (non-hydrogen) atoms. The van der Waals surface area contributed by atoms with Crippen molar-refractivity contribution < 1.29 is 28.2 Å². The molecule has 0 spiro atoms. The van der Waals surface area contributed by atoms with Gasteiger partial charge < -0.3 is 14.6 Å². The maximum Gasteiger partial charge on any atom is 0.339 e. The van der Waals surface area contributed by atoms with E-state index in [1.165, 1.54) is 25.3 Å². The van der Waals surface area contributed by atoms with Crippen LogP contribution in [0.15, 0.2) is 18.2 Å². The molecule has 0 heterocycles. The van der Waals surface area contributed by atoms with Gasteiger partial charge in [-0.1, -0.05) is 12.1 Å². The third-order valence-corrected chi connectivity index (χ3v) is 2.44. The van der Waals surface area contributed by atoms with Gasteiger partial charge in [-0.05, 0) is 6.07 Å². The zero-order valence-electron chi connectivity index (χ0n) is 10.2. The first-order valence-corrected chi connectivity index (χ1v) is 5.14. The molecule has 0 aromatic heterocycles. The fourth-order valence-electron chi connectivity index (χ4n) is 1.65. The summed E-state index contributed by atoms with van der Waals surface area (Å²) < 4.78 is 36.3. The van der Waals surface area contributed by atoms with Crippen LogP contribution in [0.25, 0.3) is 0 Å². The van der Waals surface area contributed by atoms with E-state index in [-0.39, 0.29) is 11.3 Å². The summed E-state index contributed by atoms with van der Waals surface area (Å²) in [6, 6.07) is 3.98. The number of alkyl halides is 2. The number of aliphatic hydroxyl groups excluding tert-OH is 1. The number of esters is 1. The number of hydrogen-bond acceptors (Lipinski definition) is 4. The lowest BCUT2D eigenvalue weighted by molar-refractivity contribution is -0.150. The predicted octanol–water partition coefficient (Wildman–Crippen LogP) is 2.01. The van der Waals surface area contributed by atoms with Crippen molar-refractivity contribution in [3.8, 4) is 5.75 Å². The Labute approximate surface area is 103 Å². The summed E-state index contributed by atoms with van der Waals surface area (Å²) in [5.41, 5.74) is -0.751. The number of rotatable bonds is 4. The Kier molecular flexibility index (Phi) is 4.24. The topological polar surface area (TPSA) is 55.8 Å². The molecule has 1 aromatic rings. The van der Waals surface area contributed by atoms with Crippen LogP contribution in [-0.2, 0) is 15.5 Å². The van der Waals surface area contributed by atoms with Crippen LogP contribution in [0.4, 0.5) is 8.78 Å². The van der Waals surface area contributed by atoms with Crippen LogP contribution in [0.2, 0.25) is 0 Å². The van der Waals surface area contributed by atoms with E-state index in [0.717, 1.165) is 7.11 Å². The van der Waals surface area contributed by atoms with Gasteiger partial charge in [-0.15, -0.1) is 0 Å². The Morgan fingerprint density at radius 1 is 1.39 bits per heavy atom. The maximum atomic E-state index is 13.5. The summed E-state index contributed by atoms with van der Waals surface area (Å²) in [4.78, 5) is 11.2. The molecule has 1 atom stereocenters. The van der Waals surface area contributed by atoms with Crippen molar-refractivity contribution in [3.63, 3.8) is 0 Å². The van der Waals surface area contributed by atoms with Crippen molar-refractivity contribution in [2.75, 3.05) is 14.2 Å². The van der Waals surface area contributed by atoms with Gasteiger partial charge >= 0.3 is 5.97 Å². The van der Waals surface area contributed by atoms with E-state index in [9.17, 15) is 18.7 Å². The van der Waals surface area contributed by atoms with Gasteiger partial charge in [0.15, 0.2) is 6.10 Å². The molecule has 1 aromatic carbocycles. The molecule has 0 bridgehead atoms. The van der Waals surface area contributed by atoms with Crippen LogP contribution in [0.3, 0.4) is 0 Å². The number of carbonyl (C=O) groups excluding carboxylic acids is 1. The van der Waals surface area contributed by atoms with Gasteiger partial charge in [0, 0.05) is 12.5 Å². The first-order chi connectivity index (χ1) is 8.32. The molecule has 0 saturated carbocycles. The second-order valence-electron chi connectivity index (χ2n) is 3.74. The summed E-state index contributed by atoms with van der Waals surface area (Å²) in [6.45, 7) is 0.665. The van der Waals surface area contributed by atoms with Gasteiger partial charge in [-0.25, -0.2) is 13.6 Å². The van der Waals surface area contributed by atoms with Gasteiger partial charge in [0.1, 0.15) is 5.75 Å². The number of carbonyl (C=O) groups is 1. The molecule has 0 radical (unpaired) electrons. The Morgan fingerprint density at radius 3 is 2.44 bits per heavy atom. The molecule has 0 saturated heterocycles.